The second-order valence-electron chi connectivity index (χ2n) is 5.55. The van der Waals surface area contributed by atoms with Gasteiger partial charge in [-0.25, -0.2) is 0 Å². The Balaban J connectivity index is 1.89. The van der Waals surface area contributed by atoms with Gasteiger partial charge in [-0.1, -0.05) is 19.1 Å². The predicted octanol–water partition coefficient (Wildman–Crippen LogP) is 3.25. The van der Waals surface area contributed by atoms with Gasteiger partial charge in [-0.3, -0.25) is 4.90 Å². The van der Waals surface area contributed by atoms with Gasteiger partial charge in [0, 0.05) is 19.1 Å². The Kier molecular flexibility index (Phi) is 6.39. The van der Waals surface area contributed by atoms with Crippen LogP contribution in [0.5, 0.6) is 5.75 Å². The summed E-state index contributed by atoms with van der Waals surface area (Å²) < 4.78 is 28.6. The predicted molar refractivity (Wildman–Crippen MR) is 79.7 cm³/mol. The van der Waals surface area contributed by atoms with Gasteiger partial charge in [0.25, 0.3) is 0 Å². The summed E-state index contributed by atoms with van der Waals surface area (Å²) in [5.41, 5.74) is 1.13. The van der Waals surface area contributed by atoms with Crippen LogP contribution in [0.25, 0.3) is 0 Å². The van der Waals surface area contributed by atoms with Crippen molar-refractivity contribution in [2.45, 2.75) is 45.4 Å². The van der Waals surface area contributed by atoms with Gasteiger partial charge in [-0.05, 0) is 50.0 Å². The Morgan fingerprint density at radius 2 is 2.10 bits per heavy atom. The molecule has 1 heterocycles. The zero-order valence-corrected chi connectivity index (χ0v) is 12.5. The van der Waals surface area contributed by atoms with E-state index < -0.39 is 6.61 Å². The molecule has 0 aliphatic carbocycles. The highest BCUT2D eigenvalue weighted by Crippen LogP contribution is 2.17. The molecule has 0 radical (unpaired) electrons. The molecule has 1 aliphatic heterocycles. The number of halogens is 2. The Morgan fingerprint density at radius 1 is 1.33 bits per heavy atom. The lowest BCUT2D eigenvalue weighted by Crippen LogP contribution is -2.37. The van der Waals surface area contributed by atoms with Crippen LogP contribution < -0.4 is 10.1 Å². The molecule has 1 N–H and O–H groups in total. The van der Waals surface area contributed by atoms with Crippen molar-refractivity contribution < 1.29 is 13.5 Å². The molecule has 21 heavy (non-hydrogen) atoms. The van der Waals surface area contributed by atoms with Gasteiger partial charge in [0.1, 0.15) is 5.75 Å². The van der Waals surface area contributed by atoms with Crippen LogP contribution >= 0.6 is 0 Å². The van der Waals surface area contributed by atoms with Crippen LogP contribution in [-0.2, 0) is 6.54 Å². The molecule has 0 amide bonds. The van der Waals surface area contributed by atoms with E-state index in [9.17, 15) is 8.78 Å². The maximum Gasteiger partial charge on any atom is 0.387 e. The Morgan fingerprint density at radius 3 is 2.67 bits per heavy atom. The van der Waals surface area contributed by atoms with Crippen LogP contribution in [-0.4, -0.2) is 37.2 Å². The van der Waals surface area contributed by atoms with Crippen molar-refractivity contribution in [3.63, 3.8) is 0 Å². The van der Waals surface area contributed by atoms with Crippen molar-refractivity contribution in [2.24, 2.45) is 0 Å². The third-order valence-electron chi connectivity index (χ3n) is 3.74. The summed E-state index contributed by atoms with van der Waals surface area (Å²) >= 11 is 0. The summed E-state index contributed by atoms with van der Waals surface area (Å²) in [7, 11) is 0. The Labute approximate surface area is 125 Å². The Hall–Kier alpha value is -1.20. The number of hydrogen-bond acceptors (Lipinski definition) is 3. The first-order chi connectivity index (χ1) is 10.2. The van der Waals surface area contributed by atoms with Crippen molar-refractivity contribution in [3.8, 4) is 5.75 Å². The van der Waals surface area contributed by atoms with Crippen molar-refractivity contribution in [2.75, 3.05) is 19.6 Å². The van der Waals surface area contributed by atoms with Crippen LogP contribution in [0.4, 0.5) is 8.78 Å². The van der Waals surface area contributed by atoms with Crippen molar-refractivity contribution in [1.29, 1.82) is 0 Å². The van der Waals surface area contributed by atoms with E-state index in [1.807, 2.05) is 12.1 Å². The number of ether oxygens (including phenoxy) is 1. The standard InChI is InChI=1S/C16H24F2N2O/c1-2-10-20(12-14-4-3-9-19-14)11-13-5-7-15(8-6-13)21-16(17)18/h5-8,14,16,19H,2-4,9-12H2,1H3. The third-order valence-corrected chi connectivity index (χ3v) is 3.74. The van der Waals surface area contributed by atoms with Crippen LogP contribution in [0, 0.1) is 0 Å². The third kappa shape index (κ3) is 5.59. The maximum absolute atomic E-state index is 12.1. The molecule has 1 fully saturated rings. The average molecular weight is 298 g/mol. The molecule has 1 saturated heterocycles. The van der Waals surface area contributed by atoms with Gasteiger partial charge < -0.3 is 10.1 Å². The molecular formula is C16H24F2N2O. The second-order valence-corrected chi connectivity index (χ2v) is 5.55. The van der Waals surface area contributed by atoms with E-state index >= 15 is 0 Å². The molecule has 1 aliphatic rings. The van der Waals surface area contributed by atoms with E-state index in [2.05, 4.69) is 21.9 Å². The molecule has 1 aromatic rings. The molecule has 1 unspecified atom stereocenters. The van der Waals surface area contributed by atoms with Gasteiger partial charge in [0.2, 0.25) is 0 Å². The number of rotatable bonds is 8. The zero-order chi connectivity index (χ0) is 15.1. The molecule has 2 rings (SSSR count). The number of hydrogen-bond donors (Lipinski definition) is 1. The summed E-state index contributed by atoms with van der Waals surface area (Å²) in [5, 5.41) is 3.52. The molecule has 0 spiro atoms. The number of nitrogens with one attached hydrogen (secondary N) is 1. The fourth-order valence-corrected chi connectivity index (χ4v) is 2.81. The first-order valence-corrected chi connectivity index (χ1v) is 7.67. The van der Waals surface area contributed by atoms with Crippen LogP contribution in [0.15, 0.2) is 24.3 Å². The highest BCUT2D eigenvalue weighted by atomic mass is 19.3. The van der Waals surface area contributed by atoms with Gasteiger partial charge in [0.15, 0.2) is 0 Å². The maximum atomic E-state index is 12.1. The van der Waals surface area contributed by atoms with Gasteiger partial charge in [-0.15, -0.1) is 0 Å². The quantitative estimate of drug-likeness (QED) is 0.797. The van der Waals surface area contributed by atoms with E-state index in [0.717, 1.165) is 38.2 Å². The fraction of sp³-hybridized carbons (Fsp3) is 0.625. The Bertz CT molecular complexity index is 405. The van der Waals surface area contributed by atoms with Gasteiger partial charge in [-0.2, -0.15) is 8.78 Å². The SMILES string of the molecule is CCCN(Cc1ccc(OC(F)F)cc1)CC1CCCN1. The van der Waals surface area contributed by atoms with E-state index in [1.54, 1.807) is 12.1 Å². The van der Waals surface area contributed by atoms with Crippen LogP contribution in [0.1, 0.15) is 31.7 Å². The minimum Gasteiger partial charge on any atom is -0.435 e. The minimum atomic E-state index is -2.76. The molecule has 118 valence electrons. The monoisotopic (exact) mass is 298 g/mol. The molecule has 0 aromatic heterocycles. The number of alkyl halides is 2. The van der Waals surface area contributed by atoms with E-state index in [0.29, 0.717) is 6.04 Å². The largest absolute Gasteiger partial charge is 0.435 e. The summed E-state index contributed by atoms with van der Waals surface area (Å²) in [4.78, 5) is 2.42. The summed E-state index contributed by atoms with van der Waals surface area (Å²) in [5.74, 6) is 0.216. The minimum absolute atomic E-state index is 0.216. The molecule has 0 saturated carbocycles. The normalized spacial score (nSPS) is 18.6. The summed E-state index contributed by atoms with van der Waals surface area (Å²) in [6.07, 6.45) is 3.60. The average Bonchev–Trinajstić information content (AvgIpc) is 2.93. The first-order valence-electron chi connectivity index (χ1n) is 7.67. The summed E-state index contributed by atoms with van der Waals surface area (Å²) in [6.45, 7) is 3.47. The number of benzene rings is 1. The smallest absolute Gasteiger partial charge is 0.387 e. The molecule has 5 heteroatoms. The highest BCUT2D eigenvalue weighted by Gasteiger charge is 2.17. The number of nitrogens with zero attached hydrogens (tertiary/aromatic N) is 1. The van der Waals surface area contributed by atoms with Gasteiger partial charge >= 0.3 is 6.61 Å². The molecule has 3 nitrogen and oxygen atoms in total. The van der Waals surface area contributed by atoms with Crippen molar-refractivity contribution >= 4 is 0 Å². The lowest BCUT2D eigenvalue weighted by Gasteiger charge is -2.25. The molecule has 0 bridgehead atoms. The molecule has 1 atom stereocenters. The van der Waals surface area contributed by atoms with Crippen LogP contribution in [0.3, 0.4) is 0 Å². The summed E-state index contributed by atoms with van der Waals surface area (Å²) in [6, 6.07) is 7.53. The van der Waals surface area contributed by atoms with E-state index in [-0.39, 0.29) is 5.75 Å². The van der Waals surface area contributed by atoms with Gasteiger partial charge in [0.05, 0.1) is 0 Å². The fourth-order valence-electron chi connectivity index (χ4n) is 2.81. The van der Waals surface area contributed by atoms with E-state index in [4.69, 9.17) is 0 Å². The van der Waals surface area contributed by atoms with E-state index in [1.165, 1.54) is 12.8 Å². The highest BCUT2D eigenvalue weighted by molar-refractivity contribution is 5.27. The lowest BCUT2D eigenvalue weighted by molar-refractivity contribution is -0.0498. The molecular weight excluding hydrogens is 274 g/mol. The van der Waals surface area contributed by atoms with Crippen LogP contribution in [0.2, 0.25) is 0 Å². The second kappa shape index (κ2) is 8.29. The van der Waals surface area contributed by atoms with Crippen molar-refractivity contribution in [1.82, 2.24) is 10.2 Å². The zero-order valence-electron chi connectivity index (χ0n) is 12.5. The van der Waals surface area contributed by atoms with Crippen molar-refractivity contribution in [3.05, 3.63) is 29.8 Å². The first kappa shape index (κ1) is 16.2. The topological polar surface area (TPSA) is 24.5 Å². The molecule has 1 aromatic carbocycles. The lowest BCUT2D eigenvalue weighted by atomic mass is 10.1.